The van der Waals surface area contributed by atoms with Gasteiger partial charge in [0.25, 0.3) is 5.95 Å². The van der Waals surface area contributed by atoms with Crippen molar-refractivity contribution in [2.45, 2.75) is 0 Å². The average Bonchev–Trinajstić information content (AvgIpc) is 1.64. The predicted octanol–water partition coefficient (Wildman–Crippen LogP) is 0.343. The van der Waals surface area contributed by atoms with E-state index in [0.29, 0.717) is 0 Å². The summed E-state index contributed by atoms with van der Waals surface area (Å²) in [6.45, 7) is 0. The van der Waals surface area contributed by atoms with Crippen molar-refractivity contribution in [3.05, 3.63) is 28.6 Å². The Morgan fingerprint density at radius 1 is 1.56 bits per heavy atom. The second-order valence-electron chi connectivity index (χ2n) is 1.31. The Bertz CT molecular complexity index is 230. The van der Waals surface area contributed by atoms with Crippen LogP contribution in [0.5, 0.6) is 5.95 Å². The standard InChI is InChI=1S/C5H4O3.Zn/c6-4-1-2-8-5(7)3-4;/h1-3,7H;. The van der Waals surface area contributed by atoms with Crippen LogP contribution in [-0.4, -0.2) is 5.11 Å². The maximum absolute atomic E-state index is 10.3. The number of hydrogen-bond donors (Lipinski definition) is 1. The van der Waals surface area contributed by atoms with Crippen LogP contribution in [0.4, 0.5) is 0 Å². The topological polar surface area (TPSA) is 50.4 Å². The third-order valence-corrected chi connectivity index (χ3v) is 0.687. The summed E-state index contributed by atoms with van der Waals surface area (Å²) in [6, 6.07) is 2.22. The van der Waals surface area contributed by atoms with Crippen LogP contribution >= 0.6 is 0 Å². The van der Waals surface area contributed by atoms with E-state index in [1.165, 1.54) is 6.07 Å². The molecule has 1 N–H and O–H groups in total. The van der Waals surface area contributed by atoms with Crippen molar-refractivity contribution in [2.75, 3.05) is 0 Å². The molecule has 0 unspecified atom stereocenters. The molecule has 0 spiro atoms. The molecule has 3 nitrogen and oxygen atoms in total. The van der Waals surface area contributed by atoms with E-state index in [2.05, 4.69) is 4.42 Å². The second-order valence-corrected chi connectivity index (χ2v) is 1.31. The molecule has 0 aromatic carbocycles. The molecule has 9 heavy (non-hydrogen) atoms. The Hall–Kier alpha value is -0.627. The first kappa shape index (κ1) is 8.37. The summed E-state index contributed by atoms with van der Waals surface area (Å²) >= 11 is 0. The summed E-state index contributed by atoms with van der Waals surface area (Å²) in [4.78, 5) is 10.3. The molecular formula is C5H4O3Zn. The van der Waals surface area contributed by atoms with Gasteiger partial charge in [-0.15, -0.1) is 0 Å². The molecule has 0 radical (unpaired) electrons. The van der Waals surface area contributed by atoms with Gasteiger partial charge in [-0.25, -0.2) is 0 Å². The van der Waals surface area contributed by atoms with E-state index < -0.39 is 0 Å². The minimum Gasteiger partial charge on any atom is -0.481 e. The van der Waals surface area contributed by atoms with Gasteiger partial charge in [-0.05, 0) is 0 Å². The Morgan fingerprint density at radius 2 is 2.22 bits per heavy atom. The van der Waals surface area contributed by atoms with Crippen LogP contribution in [0.25, 0.3) is 0 Å². The fourth-order valence-corrected chi connectivity index (χ4v) is 0.375. The third kappa shape index (κ3) is 2.42. The summed E-state index contributed by atoms with van der Waals surface area (Å²) < 4.78 is 4.36. The number of rotatable bonds is 0. The van der Waals surface area contributed by atoms with Gasteiger partial charge < -0.3 is 9.52 Å². The van der Waals surface area contributed by atoms with E-state index in [-0.39, 0.29) is 30.9 Å². The molecule has 0 saturated heterocycles. The van der Waals surface area contributed by atoms with Crippen molar-refractivity contribution in [2.24, 2.45) is 0 Å². The van der Waals surface area contributed by atoms with Crippen molar-refractivity contribution < 1.29 is 29.0 Å². The van der Waals surface area contributed by atoms with E-state index in [9.17, 15) is 4.79 Å². The Labute approximate surface area is 64.1 Å². The van der Waals surface area contributed by atoms with Crippen molar-refractivity contribution in [3.63, 3.8) is 0 Å². The number of hydrogen-bond acceptors (Lipinski definition) is 3. The molecular weight excluding hydrogens is 173 g/mol. The monoisotopic (exact) mass is 176 g/mol. The molecule has 0 saturated carbocycles. The molecule has 0 amide bonds. The van der Waals surface area contributed by atoms with Crippen molar-refractivity contribution in [1.29, 1.82) is 0 Å². The molecule has 0 aliphatic rings. The largest absolute Gasteiger partial charge is 0.481 e. The van der Waals surface area contributed by atoms with E-state index in [0.717, 1.165) is 12.3 Å². The van der Waals surface area contributed by atoms with E-state index >= 15 is 0 Å². The first-order valence-electron chi connectivity index (χ1n) is 2.07. The zero-order chi connectivity index (χ0) is 5.98. The molecule has 0 bridgehead atoms. The van der Waals surface area contributed by atoms with Gasteiger partial charge in [-0.3, -0.25) is 4.79 Å². The molecule has 0 aliphatic heterocycles. The minimum atomic E-state index is -0.350. The summed E-state index contributed by atoms with van der Waals surface area (Å²) in [5, 5.41) is 8.45. The van der Waals surface area contributed by atoms with Gasteiger partial charge in [0.2, 0.25) is 0 Å². The van der Waals surface area contributed by atoms with E-state index in [1.54, 1.807) is 0 Å². The summed E-state index contributed by atoms with van der Waals surface area (Å²) in [5.74, 6) is -0.350. The van der Waals surface area contributed by atoms with Crippen LogP contribution in [-0.2, 0) is 19.5 Å². The van der Waals surface area contributed by atoms with Gasteiger partial charge in [0.15, 0.2) is 5.43 Å². The van der Waals surface area contributed by atoms with Crippen LogP contribution in [0.2, 0.25) is 0 Å². The van der Waals surface area contributed by atoms with Crippen molar-refractivity contribution in [1.82, 2.24) is 0 Å². The van der Waals surface area contributed by atoms with Crippen LogP contribution in [0.3, 0.4) is 0 Å². The normalized spacial score (nSPS) is 8.00. The quantitative estimate of drug-likeness (QED) is 0.582. The first-order valence-corrected chi connectivity index (χ1v) is 2.07. The van der Waals surface area contributed by atoms with Gasteiger partial charge in [0.05, 0.1) is 12.3 Å². The average molecular weight is 177 g/mol. The summed E-state index contributed by atoms with van der Waals surface area (Å²) in [6.07, 6.45) is 1.14. The van der Waals surface area contributed by atoms with Gasteiger partial charge in [-0.1, -0.05) is 0 Å². The molecule has 1 heterocycles. The molecule has 44 valence electrons. The fourth-order valence-electron chi connectivity index (χ4n) is 0.375. The van der Waals surface area contributed by atoms with Crippen molar-refractivity contribution in [3.8, 4) is 5.95 Å². The molecule has 0 aliphatic carbocycles. The summed E-state index contributed by atoms with van der Waals surface area (Å²) in [5.41, 5.74) is -0.256. The Morgan fingerprint density at radius 3 is 2.56 bits per heavy atom. The maximum Gasteiger partial charge on any atom is 0.285 e. The zero-order valence-corrected chi connectivity index (χ0v) is 7.67. The molecule has 0 atom stereocenters. The SMILES string of the molecule is O=c1ccoc(O)c1.[Zn]. The molecule has 1 aromatic heterocycles. The first-order chi connectivity index (χ1) is 3.79. The van der Waals surface area contributed by atoms with E-state index in [1.807, 2.05) is 0 Å². The van der Waals surface area contributed by atoms with Crippen LogP contribution in [0, 0.1) is 0 Å². The molecule has 4 heteroatoms. The van der Waals surface area contributed by atoms with Gasteiger partial charge in [-0.2, -0.15) is 0 Å². The van der Waals surface area contributed by atoms with Gasteiger partial charge >= 0.3 is 0 Å². The van der Waals surface area contributed by atoms with Gasteiger partial charge in [0, 0.05) is 25.5 Å². The second kappa shape index (κ2) is 3.41. The van der Waals surface area contributed by atoms with Crippen molar-refractivity contribution >= 4 is 0 Å². The zero-order valence-electron chi connectivity index (χ0n) is 4.70. The fraction of sp³-hybridized carbons (Fsp3) is 0. The molecule has 0 fully saturated rings. The van der Waals surface area contributed by atoms with Gasteiger partial charge in [0.1, 0.15) is 0 Å². The predicted molar refractivity (Wildman–Crippen MR) is 26.6 cm³/mol. The molecule has 1 rings (SSSR count). The van der Waals surface area contributed by atoms with Crippen LogP contribution in [0.15, 0.2) is 27.6 Å². The van der Waals surface area contributed by atoms with Crippen LogP contribution in [0.1, 0.15) is 0 Å². The smallest absolute Gasteiger partial charge is 0.285 e. The Balaban J connectivity index is 0.000000640. The molecule has 1 aromatic rings. The third-order valence-electron chi connectivity index (χ3n) is 0.687. The van der Waals surface area contributed by atoms with Crippen LogP contribution < -0.4 is 5.43 Å². The maximum atomic E-state index is 10.3. The Kier molecular flexibility index (Phi) is 3.17. The summed E-state index contributed by atoms with van der Waals surface area (Å²) in [7, 11) is 0. The van der Waals surface area contributed by atoms with E-state index in [4.69, 9.17) is 5.11 Å². The minimum absolute atomic E-state index is 0. The number of aromatic hydroxyl groups is 1.